The van der Waals surface area contributed by atoms with E-state index >= 15 is 0 Å². The first kappa shape index (κ1) is 13.9. The molecule has 0 aromatic carbocycles. The van der Waals surface area contributed by atoms with Crippen LogP contribution in [0, 0.1) is 23.7 Å². The van der Waals surface area contributed by atoms with Crippen LogP contribution in [0.5, 0.6) is 0 Å². The quantitative estimate of drug-likeness (QED) is 0.662. The third-order valence-corrected chi connectivity index (χ3v) is 5.92. The first-order valence-electron chi connectivity index (χ1n) is 8.45. The van der Waals surface area contributed by atoms with E-state index in [2.05, 4.69) is 46.4 Å². The molecule has 0 radical (unpaired) electrons. The second-order valence-corrected chi connectivity index (χ2v) is 9.63. The fraction of sp³-hybridized carbons (Fsp3) is 1.00. The Bertz CT molecular complexity index is 302. The third kappa shape index (κ3) is 2.37. The van der Waals surface area contributed by atoms with Gasteiger partial charge in [0.05, 0.1) is 0 Å². The molecule has 110 valence electrons. The first-order chi connectivity index (χ1) is 8.66. The fourth-order valence-electron chi connectivity index (χ4n) is 6.22. The lowest BCUT2D eigenvalue weighted by atomic mass is 9.53. The zero-order valence-corrected chi connectivity index (χ0v) is 13.9. The van der Waals surface area contributed by atoms with Gasteiger partial charge in [0, 0.05) is 17.1 Å². The van der Waals surface area contributed by atoms with Gasteiger partial charge in [-0.3, -0.25) is 4.90 Å². The molecule has 0 aromatic rings. The van der Waals surface area contributed by atoms with Gasteiger partial charge in [0.2, 0.25) is 0 Å². The van der Waals surface area contributed by atoms with E-state index in [1.165, 1.54) is 25.7 Å². The topological polar surface area (TPSA) is 3.24 Å². The summed E-state index contributed by atoms with van der Waals surface area (Å²) in [5.74, 6) is 4.16. The van der Waals surface area contributed by atoms with Crippen molar-refractivity contribution in [2.45, 2.75) is 90.8 Å². The highest BCUT2D eigenvalue weighted by molar-refractivity contribution is 5.06. The van der Waals surface area contributed by atoms with Gasteiger partial charge in [0.1, 0.15) is 0 Å². The molecule has 4 rings (SSSR count). The van der Waals surface area contributed by atoms with Gasteiger partial charge in [-0.1, -0.05) is 0 Å². The Balaban J connectivity index is 1.91. The molecule has 1 nitrogen and oxygen atoms in total. The summed E-state index contributed by atoms with van der Waals surface area (Å²) in [7, 11) is 0. The van der Waals surface area contributed by atoms with Gasteiger partial charge in [0.15, 0.2) is 0 Å². The second kappa shape index (κ2) is 4.23. The van der Waals surface area contributed by atoms with Crippen LogP contribution < -0.4 is 0 Å². The standard InChI is InChI=1S/C18H33N/c1-17(2,3)19(18(4,5)6)16-14-8-12-7-13(10-14)11-15(16)9-12/h12-16H,7-11H2,1-6H3. The van der Waals surface area contributed by atoms with E-state index in [1.54, 1.807) is 6.42 Å². The molecular formula is C18H33N. The van der Waals surface area contributed by atoms with Crippen molar-refractivity contribution in [3.8, 4) is 0 Å². The summed E-state index contributed by atoms with van der Waals surface area (Å²) in [5.41, 5.74) is 0.580. The minimum atomic E-state index is 0.290. The van der Waals surface area contributed by atoms with E-state index in [0.717, 1.165) is 29.7 Å². The van der Waals surface area contributed by atoms with Crippen molar-refractivity contribution in [2.24, 2.45) is 23.7 Å². The predicted molar refractivity (Wildman–Crippen MR) is 82.2 cm³/mol. The monoisotopic (exact) mass is 263 g/mol. The van der Waals surface area contributed by atoms with Crippen molar-refractivity contribution in [1.82, 2.24) is 4.90 Å². The molecule has 0 amide bonds. The van der Waals surface area contributed by atoms with Crippen molar-refractivity contribution in [1.29, 1.82) is 0 Å². The molecule has 4 saturated carbocycles. The largest absolute Gasteiger partial charge is 0.290 e. The minimum Gasteiger partial charge on any atom is -0.290 e. The van der Waals surface area contributed by atoms with Crippen LogP contribution in [0.15, 0.2) is 0 Å². The summed E-state index contributed by atoms with van der Waals surface area (Å²) >= 11 is 0. The molecular weight excluding hydrogens is 230 g/mol. The molecule has 0 N–H and O–H groups in total. The summed E-state index contributed by atoms with van der Waals surface area (Å²) in [6.45, 7) is 14.5. The van der Waals surface area contributed by atoms with Crippen LogP contribution >= 0.6 is 0 Å². The van der Waals surface area contributed by atoms with E-state index in [-0.39, 0.29) is 11.1 Å². The lowest BCUT2D eigenvalue weighted by Gasteiger charge is -2.62. The minimum absolute atomic E-state index is 0.290. The average molecular weight is 263 g/mol. The summed E-state index contributed by atoms with van der Waals surface area (Å²) in [5, 5.41) is 0. The highest BCUT2D eigenvalue weighted by atomic mass is 15.3. The van der Waals surface area contributed by atoms with E-state index in [1.807, 2.05) is 0 Å². The van der Waals surface area contributed by atoms with Crippen molar-refractivity contribution in [3.05, 3.63) is 0 Å². The predicted octanol–water partition coefficient (Wildman–Crippen LogP) is 4.71. The van der Waals surface area contributed by atoms with Crippen LogP contribution in [-0.2, 0) is 0 Å². The Morgan fingerprint density at radius 2 is 1.00 bits per heavy atom. The number of rotatable bonds is 1. The van der Waals surface area contributed by atoms with E-state index in [4.69, 9.17) is 0 Å². The summed E-state index contributed by atoms with van der Waals surface area (Å²) in [6.07, 6.45) is 7.67. The van der Waals surface area contributed by atoms with Crippen molar-refractivity contribution >= 4 is 0 Å². The Morgan fingerprint density at radius 1 is 0.632 bits per heavy atom. The number of hydrogen-bond acceptors (Lipinski definition) is 1. The lowest BCUT2D eigenvalue weighted by Crippen LogP contribution is -2.65. The molecule has 0 spiro atoms. The van der Waals surface area contributed by atoms with Gasteiger partial charge in [-0.2, -0.15) is 0 Å². The molecule has 4 aliphatic rings. The SMILES string of the molecule is CC(C)(C)N(C1C2CC3CC(C2)CC1C3)C(C)(C)C. The Morgan fingerprint density at radius 3 is 1.32 bits per heavy atom. The normalized spacial score (nSPS) is 42.2. The van der Waals surface area contributed by atoms with Crippen LogP contribution in [-0.4, -0.2) is 22.0 Å². The van der Waals surface area contributed by atoms with Crippen LogP contribution in [0.2, 0.25) is 0 Å². The molecule has 4 bridgehead atoms. The maximum absolute atomic E-state index is 2.88. The smallest absolute Gasteiger partial charge is 0.0162 e. The molecule has 0 aliphatic heterocycles. The van der Waals surface area contributed by atoms with Crippen LogP contribution in [0.4, 0.5) is 0 Å². The maximum atomic E-state index is 2.88. The van der Waals surface area contributed by atoms with Gasteiger partial charge in [-0.15, -0.1) is 0 Å². The van der Waals surface area contributed by atoms with Crippen molar-refractivity contribution < 1.29 is 0 Å². The third-order valence-electron chi connectivity index (χ3n) is 5.92. The Hall–Kier alpha value is -0.0400. The summed E-state index contributed by atoms with van der Waals surface area (Å²) < 4.78 is 0. The van der Waals surface area contributed by atoms with E-state index in [0.29, 0.717) is 0 Å². The van der Waals surface area contributed by atoms with Gasteiger partial charge in [-0.25, -0.2) is 0 Å². The summed E-state index contributed by atoms with van der Waals surface area (Å²) in [4.78, 5) is 2.88. The molecule has 0 saturated heterocycles. The first-order valence-corrected chi connectivity index (χ1v) is 8.45. The summed E-state index contributed by atoms with van der Waals surface area (Å²) in [6, 6.07) is 0.854. The van der Waals surface area contributed by atoms with Crippen LogP contribution in [0.1, 0.15) is 73.6 Å². The Labute approximate surface area is 120 Å². The average Bonchev–Trinajstić information content (AvgIpc) is 2.18. The van der Waals surface area contributed by atoms with Gasteiger partial charge in [-0.05, 0) is 97.3 Å². The molecule has 0 atom stereocenters. The van der Waals surface area contributed by atoms with Gasteiger partial charge in [0.25, 0.3) is 0 Å². The number of hydrogen-bond donors (Lipinski definition) is 0. The van der Waals surface area contributed by atoms with E-state index in [9.17, 15) is 0 Å². The second-order valence-electron chi connectivity index (χ2n) is 9.63. The molecule has 0 heterocycles. The molecule has 4 fully saturated rings. The lowest BCUT2D eigenvalue weighted by molar-refractivity contribution is -0.125. The molecule has 0 unspecified atom stereocenters. The van der Waals surface area contributed by atoms with Gasteiger partial charge < -0.3 is 0 Å². The maximum Gasteiger partial charge on any atom is 0.0162 e. The van der Waals surface area contributed by atoms with Crippen molar-refractivity contribution in [3.63, 3.8) is 0 Å². The van der Waals surface area contributed by atoms with Crippen molar-refractivity contribution in [2.75, 3.05) is 0 Å². The molecule has 19 heavy (non-hydrogen) atoms. The molecule has 0 aromatic heterocycles. The number of nitrogens with zero attached hydrogens (tertiary/aromatic N) is 1. The highest BCUT2D eigenvalue weighted by Gasteiger charge is 2.53. The zero-order chi connectivity index (χ0) is 14.0. The van der Waals surface area contributed by atoms with Crippen LogP contribution in [0.3, 0.4) is 0 Å². The van der Waals surface area contributed by atoms with E-state index < -0.39 is 0 Å². The molecule has 1 heteroatoms. The zero-order valence-electron chi connectivity index (χ0n) is 13.9. The Kier molecular flexibility index (Phi) is 3.10. The molecule has 4 aliphatic carbocycles. The van der Waals surface area contributed by atoms with Crippen LogP contribution in [0.25, 0.3) is 0 Å². The van der Waals surface area contributed by atoms with Gasteiger partial charge >= 0.3 is 0 Å². The highest BCUT2D eigenvalue weighted by Crippen LogP contribution is 2.56. The fourth-order valence-corrected chi connectivity index (χ4v) is 6.22.